The van der Waals surface area contributed by atoms with Crippen LogP contribution in [0.25, 0.3) is 0 Å². The van der Waals surface area contributed by atoms with Crippen LogP contribution in [0, 0.1) is 0 Å². The van der Waals surface area contributed by atoms with Gasteiger partial charge >= 0.3 is 0 Å². The molecule has 1 unspecified atom stereocenters. The molecule has 3 aromatic heterocycles. The van der Waals surface area contributed by atoms with E-state index in [2.05, 4.69) is 25.9 Å². The summed E-state index contributed by atoms with van der Waals surface area (Å²) in [7, 11) is 1.80. The van der Waals surface area contributed by atoms with Gasteiger partial charge in [0.2, 0.25) is 5.91 Å². The first-order valence-electron chi connectivity index (χ1n) is 6.26. The van der Waals surface area contributed by atoms with Gasteiger partial charge in [0.05, 0.1) is 12.5 Å². The molecule has 0 fully saturated rings. The average Bonchev–Trinajstić information content (AvgIpc) is 3.19. The number of aromatic nitrogens is 6. The van der Waals surface area contributed by atoms with Crippen LogP contribution >= 0.6 is 11.3 Å². The van der Waals surface area contributed by atoms with Crippen molar-refractivity contribution in [3.8, 4) is 0 Å². The monoisotopic (exact) mass is 303 g/mol. The lowest BCUT2D eigenvalue weighted by atomic mass is 10.1. The SMILES string of the molecule is Cn1ccc(NC(=O)CC(c2ccsc2)n2cnnn2)n1. The van der Waals surface area contributed by atoms with E-state index in [1.807, 2.05) is 16.8 Å². The van der Waals surface area contributed by atoms with Gasteiger partial charge < -0.3 is 5.32 Å². The number of amides is 1. The van der Waals surface area contributed by atoms with E-state index in [9.17, 15) is 4.79 Å². The molecule has 1 N–H and O–H groups in total. The fraction of sp³-hybridized carbons (Fsp3) is 0.250. The molecule has 108 valence electrons. The molecular weight excluding hydrogens is 290 g/mol. The molecule has 0 aromatic carbocycles. The van der Waals surface area contributed by atoms with Gasteiger partial charge in [-0.05, 0) is 32.8 Å². The smallest absolute Gasteiger partial charge is 0.228 e. The summed E-state index contributed by atoms with van der Waals surface area (Å²) in [5, 5.41) is 22.0. The highest BCUT2D eigenvalue weighted by Crippen LogP contribution is 2.23. The minimum absolute atomic E-state index is 0.139. The van der Waals surface area contributed by atoms with Crippen molar-refractivity contribution >= 4 is 23.1 Å². The molecule has 0 saturated carbocycles. The summed E-state index contributed by atoms with van der Waals surface area (Å²) in [4.78, 5) is 12.2. The Bertz CT molecular complexity index is 670. The van der Waals surface area contributed by atoms with Crippen molar-refractivity contribution in [1.29, 1.82) is 0 Å². The van der Waals surface area contributed by atoms with Crippen LogP contribution in [0.15, 0.2) is 35.4 Å². The van der Waals surface area contributed by atoms with Gasteiger partial charge in [-0.3, -0.25) is 9.48 Å². The number of tetrazole rings is 1. The predicted molar refractivity (Wildman–Crippen MR) is 76.7 cm³/mol. The molecule has 3 heterocycles. The largest absolute Gasteiger partial charge is 0.309 e. The molecule has 0 aliphatic carbocycles. The van der Waals surface area contributed by atoms with Gasteiger partial charge in [-0.2, -0.15) is 16.4 Å². The zero-order valence-corrected chi connectivity index (χ0v) is 12.1. The van der Waals surface area contributed by atoms with Crippen LogP contribution in [0.5, 0.6) is 0 Å². The van der Waals surface area contributed by atoms with Crippen LogP contribution in [0.3, 0.4) is 0 Å². The van der Waals surface area contributed by atoms with E-state index in [1.54, 1.807) is 40.0 Å². The maximum absolute atomic E-state index is 12.2. The number of aryl methyl sites for hydroxylation is 1. The second kappa shape index (κ2) is 5.83. The molecule has 0 bridgehead atoms. The fourth-order valence-electron chi connectivity index (χ4n) is 1.99. The zero-order chi connectivity index (χ0) is 14.7. The third-order valence-electron chi connectivity index (χ3n) is 2.97. The molecule has 1 amide bonds. The van der Waals surface area contributed by atoms with Crippen LogP contribution in [-0.4, -0.2) is 35.9 Å². The van der Waals surface area contributed by atoms with Crippen molar-refractivity contribution in [1.82, 2.24) is 30.0 Å². The Labute approximate surface area is 124 Å². The van der Waals surface area contributed by atoms with Crippen LogP contribution in [0.4, 0.5) is 5.82 Å². The highest BCUT2D eigenvalue weighted by atomic mass is 32.1. The minimum atomic E-state index is -0.227. The normalized spacial score (nSPS) is 12.2. The van der Waals surface area contributed by atoms with Gasteiger partial charge in [-0.15, -0.1) is 5.10 Å². The second-order valence-electron chi connectivity index (χ2n) is 4.49. The van der Waals surface area contributed by atoms with E-state index in [0.717, 1.165) is 5.56 Å². The number of thiophene rings is 1. The molecule has 8 nitrogen and oxygen atoms in total. The molecule has 0 radical (unpaired) electrons. The van der Waals surface area contributed by atoms with Crippen LogP contribution in [0.2, 0.25) is 0 Å². The van der Waals surface area contributed by atoms with Crippen molar-refractivity contribution in [2.75, 3.05) is 5.32 Å². The highest BCUT2D eigenvalue weighted by molar-refractivity contribution is 7.07. The Morgan fingerprint density at radius 3 is 3.00 bits per heavy atom. The molecule has 21 heavy (non-hydrogen) atoms. The summed E-state index contributed by atoms with van der Waals surface area (Å²) in [5.41, 5.74) is 1.00. The first kappa shape index (κ1) is 13.4. The van der Waals surface area contributed by atoms with Crippen molar-refractivity contribution in [2.45, 2.75) is 12.5 Å². The van der Waals surface area contributed by atoms with Gasteiger partial charge in [0.15, 0.2) is 5.82 Å². The van der Waals surface area contributed by atoms with Crippen molar-refractivity contribution < 1.29 is 4.79 Å². The average molecular weight is 303 g/mol. The third kappa shape index (κ3) is 3.14. The van der Waals surface area contributed by atoms with Gasteiger partial charge in [-0.25, -0.2) is 4.68 Å². The van der Waals surface area contributed by atoms with E-state index in [-0.39, 0.29) is 18.4 Å². The van der Waals surface area contributed by atoms with Crippen LogP contribution in [0.1, 0.15) is 18.0 Å². The zero-order valence-electron chi connectivity index (χ0n) is 11.2. The van der Waals surface area contributed by atoms with Gasteiger partial charge in [0.25, 0.3) is 0 Å². The van der Waals surface area contributed by atoms with E-state index in [4.69, 9.17) is 0 Å². The number of carbonyl (C=O) groups is 1. The Kier molecular flexibility index (Phi) is 3.73. The highest BCUT2D eigenvalue weighted by Gasteiger charge is 2.20. The van der Waals surface area contributed by atoms with Crippen molar-refractivity contribution in [3.05, 3.63) is 41.0 Å². The van der Waals surface area contributed by atoms with Gasteiger partial charge in [-0.1, -0.05) is 0 Å². The number of carbonyl (C=O) groups excluding carboxylic acids is 1. The number of anilines is 1. The Balaban J connectivity index is 1.74. The number of hydrogen-bond acceptors (Lipinski definition) is 6. The summed E-state index contributed by atoms with van der Waals surface area (Å²) in [6.07, 6.45) is 3.52. The van der Waals surface area contributed by atoms with E-state index in [1.165, 1.54) is 6.33 Å². The van der Waals surface area contributed by atoms with Gasteiger partial charge in [0, 0.05) is 19.3 Å². The molecular formula is C12H13N7OS. The quantitative estimate of drug-likeness (QED) is 0.762. The lowest BCUT2D eigenvalue weighted by Crippen LogP contribution is -2.20. The Morgan fingerprint density at radius 2 is 2.38 bits per heavy atom. The van der Waals surface area contributed by atoms with E-state index >= 15 is 0 Å². The Morgan fingerprint density at radius 1 is 1.48 bits per heavy atom. The second-order valence-corrected chi connectivity index (χ2v) is 5.27. The topological polar surface area (TPSA) is 90.5 Å². The van der Waals surface area contributed by atoms with Crippen LogP contribution in [-0.2, 0) is 11.8 Å². The molecule has 0 spiro atoms. The minimum Gasteiger partial charge on any atom is -0.309 e. The van der Waals surface area contributed by atoms with Gasteiger partial charge in [0.1, 0.15) is 6.33 Å². The molecule has 3 rings (SSSR count). The molecule has 0 saturated heterocycles. The van der Waals surface area contributed by atoms with Crippen molar-refractivity contribution in [2.24, 2.45) is 7.05 Å². The number of hydrogen-bond donors (Lipinski definition) is 1. The van der Waals surface area contributed by atoms with Crippen LogP contribution < -0.4 is 5.32 Å². The fourth-order valence-corrected chi connectivity index (χ4v) is 2.70. The maximum Gasteiger partial charge on any atom is 0.228 e. The standard InChI is InChI=1S/C12H13N7OS/c1-18-4-2-11(15-18)14-12(20)6-10(9-3-5-21-7-9)19-8-13-16-17-19/h2-5,7-8,10H,6H2,1H3,(H,14,15,20). The summed E-state index contributed by atoms with van der Waals surface area (Å²) in [6.45, 7) is 0. The predicted octanol–water partition coefficient (Wildman–Crippen LogP) is 1.09. The molecule has 3 aromatic rings. The van der Waals surface area contributed by atoms with Crippen molar-refractivity contribution in [3.63, 3.8) is 0 Å². The number of rotatable bonds is 5. The maximum atomic E-state index is 12.2. The lowest BCUT2D eigenvalue weighted by Gasteiger charge is -2.14. The summed E-state index contributed by atoms with van der Waals surface area (Å²) >= 11 is 1.57. The third-order valence-corrected chi connectivity index (χ3v) is 3.67. The van der Waals surface area contributed by atoms with E-state index < -0.39 is 0 Å². The summed E-state index contributed by atoms with van der Waals surface area (Å²) in [6, 6.07) is 3.48. The first-order valence-corrected chi connectivity index (χ1v) is 7.21. The summed E-state index contributed by atoms with van der Waals surface area (Å²) < 4.78 is 3.22. The lowest BCUT2D eigenvalue weighted by molar-refractivity contribution is -0.116. The Hall–Kier alpha value is -2.55. The number of nitrogens with one attached hydrogen (secondary N) is 1. The number of nitrogens with zero attached hydrogens (tertiary/aromatic N) is 6. The van der Waals surface area contributed by atoms with E-state index in [0.29, 0.717) is 5.82 Å². The molecule has 9 heteroatoms. The molecule has 1 atom stereocenters. The molecule has 0 aliphatic rings. The first-order chi connectivity index (χ1) is 10.2. The summed E-state index contributed by atoms with van der Waals surface area (Å²) in [5.74, 6) is 0.392. The molecule has 0 aliphatic heterocycles.